The van der Waals surface area contributed by atoms with E-state index in [4.69, 9.17) is 4.74 Å². The first-order chi connectivity index (χ1) is 9.10. The van der Waals surface area contributed by atoms with Crippen molar-refractivity contribution < 1.29 is 22.7 Å². The van der Waals surface area contributed by atoms with E-state index in [1.165, 1.54) is 6.20 Å². The van der Waals surface area contributed by atoms with E-state index >= 15 is 0 Å². The molecule has 1 aromatic heterocycles. The molecule has 0 aliphatic carbocycles. The minimum Gasteiger partial charge on any atom is -0.483 e. The Morgan fingerprint density at radius 1 is 1.11 bits per heavy atom. The van der Waals surface area contributed by atoms with E-state index in [2.05, 4.69) is 4.98 Å². The lowest BCUT2D eigenvalue weighted by molar-refractivity contribution is 0.112. The first-order valence-electron chi connectivity index (χ1n) is 5.26. The predicted octanol–water partition coefficient (Wildman–Crippen LogP) is 2.89. The molecule has 1 aromatic carbocycles. The Morgan fingerprint density at radius 3 is 2.37 bits per heavy atom. The SMILES string of the molecule is O=Cc1cc(F)c(OCc2cncc(F)c2)c(F)c1. The van der Waals surface area contributed by atoms with Crippen LogP contribution in [0.1, 0.15) is 15.9 Å². The van der Waals surface area contributed by atoms with Gasteiger partial charge in [-0.05, 0) is 18.2 Å². The third-order valence-electron chi connectivity index (χ3n) is 2.30. The molecule has 6 heteroatoms. The van der Waals surface area contributed by atoms with E-state index in [0.717, 1.165) is 24.4 Å². The fourth-order valence-electron chi connectivity index (χ4n) is 1.48. The summed E-state index contributed by atoms with van der Waals surface area (Å²) >= 11 is 0. The minimum absolute atomic E-state index is 0.130. The summed E-state index contributed by atoms with van der Waals surface area (Å²) in [6, 6.07) is 2.85. The van der Waals surface area contributed by atoms with Crippen molar-refractivity contribution >= 4 is 6.29 Å². The van der Waals surface area contributed by atoms with Gasteiger partial charge in [-0.2, -0.15) is 0 Å². The van der Waals surface area contributed by atoms with Gasteiger partial charge < -0.3 is 4.74 Å². The third-order valence-corrected chi connectivity index (χ3v) is 2.30. The number of carbonyl (C=O) groups excluding carboxylic acids is 1. The molecular formula is C13H8F3NO2. The number of carbonyl (C=O) groups is 1. The summed E-state index contributed by atoms with van der Waals surface area (Å²) in [6.45, 7) is -0.237. The minimum atomic E-state index is -0.994. The maximum absolute atomic E-state index is 13.5. The van der Waals surface area contributed by atoms with E-state index in [1.807, 2.05) is 0 Å². The van der Waals surface area contributed by atoms with Crippen LogP contribution in [0, 0.1) is 17.5 Å². The van der Waals surface area contributed by atoms with Crippen molar-refractivity contribution in [3.05, 3.63) is 59.2 Å². The molecule has 0 unspecified atom stereocenters. The van der Waals surface area contributed by atoms with Gasteiger partial charge in [0.25, 0.3) is 0 Å². The Hall–Kier alpha value is -2.37. The number of rotatable bonds is 4. The summed E-state index contributed by atoms with van der Waals surface area (Å²) in [5.41, 5.74) is 0.202. The molecule has 3 nitrogen and oxygen atoms in total. The van der Waals surface area contributed by atoms with Gasteiger partial charge in [0.15, 0.2) is 17.4 Å². The number of hydrogen-bond acceptors (Lipinski definition) is 3. The summed E-state index contributed by atoms with van der Waals surface area (Å²) in [7, 11) is 0. The molecule has 0 radical (unpaired) electrons. The predicted molar refractivity (Wildman–Crippen MR) is 60.3 cm³/mol. The molecule has 98 valence electrons. The number of benzene rings is 1. The molecule has 1 heterocycles. The van der Waals surface area contributed by atoms with Crippen LogP contribution < -0.4 is 4.74 Å². The number of ether oxygens (including phenoxy) is 1. The summed E-state index contributed by atoms with van der Waals surface area (Å²) in [6.07, 6.45) is 2.65. The van der Waals surface area contributed by atoms with Gasteiger partial charge in [0.05, 0.1) is 6.20 Å². The van der Waals surface area contributed by atoms with Crippen molar-refractivity contribution in [1.29, 1.82) is 0 Å². The van der Waals surface area contributed by atoms with Gasteiger partial charge in [0, 0.05) is 17.3 Å². The molecule has 0 amide bonds. The van der Waals surface area contributed by atoms with E-state index in [1.54, 1.807) is 0 Å². The Labute approximate surface area is 106 Å². The fraction of sp³-hybridized carbons (Fsp3) is 0.0769. The molecule has 0 aliphatic rings. The lowest BCUT2D eigenvalue weighted by Gasteiger charge is -2.08. The second-order valence-electron chi connectivity index (χ2n) is 3.73. The lowest BCUT2D eigenvalue weighted by atomic mass is 10.2. The highest BCUT2D eigenvalue weighted by molar-refractivity contribution is 5.75. The van der Waals surface area contributed by atoms with Crippen LogP contribution in [0.4, 0.5) is 13.2 Å². The van der Waals surface area contributed by atoms with Gasteiger partial charge in [-0.25, -0.2) is 13.2 Å². The van der Waals surface area contributed by atoms with E-state index < -0.39 is 23.2 Å². The van der Waals surface area contributed by atoms with Crippen LogP contribution in [-0.2, 0) is 6.61 Å². The number of pyridine rings is 1. The Bertz CT molecular complexity index is 594. The fourth-order valence-corrected chi connectivity index (χ4v) is 1.48. The van der Waals surface area contributed by atoms with Crippen molar-refractivity contribution in [2.45, 2.75) is 6.61 Å². The molecule has 19 heavy (non-hydrogen) atoms. The quantitative estimate of drug-likeness (QED) is 0.799. The van der Waals surface area contributed by atoms with Crippen LogP contribution in [-0.4, -0.2) is 11.3 Å². The highest BCUT2D eigenvalue weighted by Gasteiger charge is 2.12. The first-order valence-corrected chi connectivity index (χ1v) is 5.26. The zero-order valence-corrected chi connectivity index (χ0v) is 9.57. The van der Waals surface area contributed by atoms with E-state index in [-0.39, 0.29) is 12.2 Å². The lowest BCUT2D eigenvalue weighted by Crippen LogP contribution is -2.01. The van der Waals surface area contributed by atoms with Crippen LogP contribution in [0.15, 0.2) is 30.6 Å². The van der Waals surface area contributed by atoms with Crippen LogP contribution in [0.25, 0.3) is 0 Å². The number of aromatic nitrogens is 1. The monoisotopic (exact) mass is 267 g/mol. The highest BCUT2D eigenvalue weighted by Crippen LogP contribution is 2.23. The molecule has 0 bridgehead atoms. The smallest absolute Gasteiger partial charge is 0.191 e. The Morgan fingerprint density at radius 2 is 1.79 bits per heavy atom. The second kappa shape index (κ2) is 5.51. The van der Waals surface area contributed by atoms with Crippen LogP contribution in [0.3, 0.4) is 0 Å². The number of aldehydes is 1. The molecule has 0 spiro atoms. The van der Waals surface area contributed by atoms with Gasteiger partial charge in [-0.15, -0.1) is 0 Å². The molecule has 2 rings (SSSR count). The molecule has 0 saturated heterocycles. The van der Waals surface area contributed by atoms with Crippen LogP contribution in [0.5, 0.6) is 5.75 Å². The van der Waals surface area contributed by atoms with E-state index in [0.29, 0.717) is 11.8 Å². The van der Waals surface area contributed by atoms with Crippen molar-refractivity contribution in [3.8, 4) is 5.75 Å². The second-order valence-corrected chi connectivity index (χ2v) is 3.73. The molecule has 0 aliphatic heterocycles. The average molecular weight is 267 g/mol. The van der Waals surface area contributed by atoms with Gasteiger partial charge in [0.2, 0.25) is 0 Å². The largest absolute Gasteiger partial charge is 0.483 e. The van der Waals surface area contributed by atoms with E-state index in [9.17, 15) is 18.0 Å². The summed E-state index contributed by atoms with van der Waals surface area (Å²) in [5.74, 6) is -3.17. The van der Waals surface area contributed by atoms with Gasteiger partial charge in [-0.1, -0.05) is 0 Å². The zero-order valence-electron chi connectivity index (χ0n) is 9.57. The topological polar surface area (TPSA) is 39.2 Å². The van der Waals surface area contributed by atoms with Crippen molar-refractivity contribution in [2.24, 2.45) is 0 Å². The molecule has 2 aromatic rings. The molecule has 0 saturated carbocycles. The Balaban J connectivity index is 2.18. The van der Waals surface area contributed by atoms with Gasteiger partial charge in [0.1, 0.15) is 18.7 Å². The molecule has 0 N–H and O–H groups in total. The maximum atomic E-state index is 13.5. The highest BCUT2D eigenvalue weighted by atomic mass is 19.1. The average Bonchev–Trinajstić information content (AvgIpc) is 2.37. The first kappa shape index (κ1) is 13.1. The van der Waals surface area contributed by atoms with Gasteiger partial charge in [-0.3, -0.25) is 9.78 Å². The van der Waals surface area contributed by atoms with Crippen molar-refractivity contribution in [3.63, 3.8) is 0 Å². The maximum Gasteiger partial charge on any atom is 0.191 e. The van der Waals surface area contributed by atoms with Gasteiger partial charge >= 0.3 is 0 Å². The molecular weight excluding hydrogens is 259 g/mol. The van der Waals surface area contributed by atoms with Crippen LogP contribution in [0.2, 0.25) is 0 Å². The molecule has 0 atom stereocenters. The normalized spacial score (nSPS) is 10.3. The number of halogens is 3. The standard InChI is InChI=1S/C13H8F3NO2/c14-10-1-9(4-17-5-10)7-19-13-11(15)2-8(6-18)3-12(13)16/h1-6H,7H2. The summed E-state index contributed by atoms with van der Waals surface area (Å²) in [4.78, 5) is 14.0. The third kappa shape index (κ3) is 3.09. The van der Waals surface area contributed by atoms with Crippen molar-refractivity contribution in [2.75, 3.05) is 0 Å². The summed E-state index contributed by atoms with van der Waals surface area (Å²) < 4.78 is 44.7. The molecule has 0 fully saturated rings. The number of nitrogens with zero attached hydrogens (tertiary/aromatic N) is 1. The zero-order chi connectivity index (χ0) is 13.8. The Kier molecular flexibility index (Phi) is 3.79. The summed E-state index contributed by atoms with van der Waals surface area (Å²) in [5, 5.41) is 0. The number of hydrogen-bond donors (Lipinski definition) is 0. The van der Waals surface area contributed by atoms with Crippen molar-refractivity contribution in [1.82, 2.24) is 4.98 Å². The van der Waals surface area contributed by atoms with Crippen LogP contribution >= 0.6 is 0 Å².